The smallest absolute Gasteiger partial charge is 0.408 e. The number of halogens is 1. The van der Waals surface area contributed by atoms with Crippen molar-refractivity contribution in [3.63, 3.8) is 0 Å². The van der Waals surface area contributed by atoms with Gasteiger partial charge in [0.25, 0.3) is 0 Å². The molecule has 0 bridgehead atoms. The van der Waals surface area contributed by atoms with Gasteiger partial charge in [0.2, 0.25) is 0 Å². The molecule has 21 heavy (non-hydrogen) atoms. The molecule has 1 unspecified atom stereocenters. The number of hydrogen-bond acceptors (Lipinski definition) is 4. The van der Waals surface area contributed by atoms with Gasteiger partial charge in [-0.05, 0) is 12.0 Å². The first-order chi connectivity index (χ1) is 10.2. The van der Waals surface area contributed by atoms with Crippen molar-refractivity contribution in [2.45, 2.75) is 19.1 Å². The number of alkyl halides is 1. The number of carbonyl (C=O) groups is 2. The van der Waals surface area contributed by atoms with Crippen LogP contribution in [-0.4, -0.2) is 31.1 Å². The number of nitrogens with one attached hydrogen (secondary N) is 1. The Kier molecular flexibility index (Phi) is 7.97. The highest BCUT2D eigenvalue weighted by Gasteiger charge is 2.20. The Morgan fingerprint density at radius 2 is 2.00 bits per heavy atom. The van der Waals surface area contributed by atoms with Gasteiger partial charge in [0, 0.05) is 5.88 Å². The first-order valence-corrected chi connectivity index (χ1v) is 6.96. The summed E-state index contributed by atoms with van der Waals surface area (Å²) in [7, 11) is 1.26. The van der Waals surface area contributed by atoms with Crippen LogP contribution >= 0.6 is 11.6 Å². The van der Waals surface area contributed by atoms with Crippen LogP contribution in [0.1, 0.15) is 12.0 Å². The van der Waals surface area contributed by atoms with Gasteiger partial charge in [0.15, 0.2) is 0 Å². The summed E-state index contributed by atoms with van der Waals surface area (Å²) in [5, 5.41) is 2.47. The molecule has 0 aliphatic rings. The van der Waals surface area contributed by atoms with E-state index in [9.17, 15) is 9.59 Å². The first-order valence-electron chi connectivity index (χ1n) is 6.43. The third-order valence-electron chi connectivity index (χ3n) is 2.62. The van der Waals surface area contributed by atoms with Crippen molar-refractivity contribution in [3.8, 4) is 0 Å². The molecule has 0 saturated carbocycles. The van der Waals surface area contributed by atoms with Gasteiger partial charge in [-0.1, -0.05) is 42.5 Å². The summed E-state index contributed by atoms with van der Waals surface area (Å²) in [6.45, 7) is 0.137. The average molecular weight is 312 g/mol. The summed E-state index contributed by atoms with van der Waals surface area (Å²) in [5.41, 5.74) is 0.865. The maximum Gasteiger partial charge on any atom is 0.408 e. The van der Waals surface area contributed by atoms with Crippen LogP contribution in [0.25, 0.3) is 0 Å². The maximum atomic E-state index is 11.7. The predicted octanol–water partition coefficient (Wildman–Crippen LogP) is 2.64. The van der Waals surface area contributed by atoms with E-state index in [1.54, 1.807) is 12.2 Å². The number of benzene rings is 1. The molecule has 0 saturated heterocycles. The van der Waals surface area contributed by atoms with Crippen LogP contribution in [-0.2, 0) is 20.9 Å². The van der Waals surface area contributed by atoms with Crippen molar-refractivity contribution in [2.75, 3.05) is 13.0 Å². The Hall–Kier alpha value is -2.01. The molecule has 114 valence electrons. The molecule has 0 heterocycles. The zero-order chi connectivity index (χ0) is 15.5. The number of amides is 1. The number of esters is 1. The molecule has 6 heteroatoms. The zero-order valence-electron chi connectivity index (χ0n) is 11.8. The molecule has 1 amide bonds. The second kappa shape index (κ2) is 9.83. The lowest BCUT2D eigenvalue weighted by Crippen LogP contribution is -2.41. The summed E-state index contributed by atoms with van der Waals surface area (Å²) >= 11 is 5.51. The van der Waals surface area contributed by atoms with Crippen LogP contribution in [0.2, 0.25) is 0 Å². The van der Waals surface area contributed by atoms with E-state index in [-0.39, 0.29) is 6.61 Å². The van der Waals surface area contributed by atoms with Crippen molar-refractivity contribution in [1.29, 1.82) is 0 Å². The number of alkyl carbamates (subject to hydrolysis) is 1. The Balaban J connectivity index is 2.47. The topological polar surface area (TPSA) is 64.6 Å². The molecular weight excluding hydrogens is 294 g/mol. The minimum absolute atomic E-state index is 0.137. The van der Waals surface area contributed by atoms with Crippen molar-refractivity contribution >= 4 is 23.7 Å². The highest BCUT2D eigenvalue weighted by atomic mass is 35.5. The third kappa shape index (κ3) is 6.81. The summed E-state index contributed by atoms with van der Waals surface area (Å²) in [5.74, 6) is -0.197. The van der Waals surface area contributed by atoms with Gasteiger partial charge in [-0.15, -0.1) is 11.6 Å². The molecule has 1 rings (SSSR count). The number of carbonyl (C=O) groups excluding carboxylic acids is 2. The van der Waals surface area contributed by atoms with E-state index in [2.05, 4.69) is 10.1 Å². The van der Waals surface area contributed by atoms with Gasteiger partial charge in [-0.25, -0.2) is 9.59 Å². The molecule has 1 atom stereocenters. The van der Waals surface area contributed by atoms with Crippen molar-refractivity contribution in [3.05, 3.63) is 48.0 Å². The lowest BCUT2D eigenvalue weighted by molar-refractivity contribution is -0.142. The SMILES string of the molecule is COC(=O)C(C/C=C/CCl)NC(=O)OCc1ccccc1. The van der Waals surface area contributed by atoms with Crippen LogP contribution in [0, 0.1) is 0 Å². The number of rotatable bonds is 7. The average Bonchev–Trinajstić information content (AvgIpc) is 2.52. The Morgan fingerprint density at radius 1 is 1.29 bits per heavy atom. The minimum atomic E-state index is -0.794. The van der Waals surface area contributed by atoms with Crippen LogP contribution in [0.5, 0.6) is 0 Å². The third-order valence-corrected chi connectivity index (χ3v) is 2.80. The van der Waals surface area contributed by atoms with Crippen molar-refractivity contribution < 1.29 is 19.1 Å². The molecule has 1 aromatic carbocycles. The Bertz CT molecular complexity index is 476. The van der Waals surface area contributed by atoms with E-state index in [1.807, 2.05) is 30.3 Å². The van der Waals surface area contributed by atoms with Gasteiger partial charge >= 0.3 is 12.1 Å². The molecule has 5 nitrogen and oxygen atoms in total. The summed E-state index contributed by atoms with van der Waals surface area (Å²) in [4.78, 5) is 23.2. The standard InChI is InChI=1S/C15H18ClNO4/c1-20-14(18)13(9-5-6-10-16)17-15(19)21-11-12-7-3-2-4-8-12/h2-8,13H,9-11H2,1H3,(H,17,19)/b6-5+. The van der Waals surface area contributed by atoms with Gasteiger partial charge < -0.3 is 14.8 Å². The summed E-state index contributed by atoms with van der Waals surface area (Å²) in [6.07, 6.45) is 3.01. The molecule has 0 aliphatic heterocycles. The van der Waals surface area contributed by atoms with Crippen LogP contribution in [0.4, 0.5) is 4.79 Å². The Labute approximate surface area is 128 Å². The number of ether oxygens (including phenoxy) is 2. The largest absolute Gasteiger partial charge is 0.467 e. The van der Waals surface area contributed by atoms with Crippen LogP contribution in [0.15, 0.2) is 42.5 Å². The fraction of sp³-hybridized carbons (Fsp3) is 0.333. The second-order valence-electron chi connectivity index (χ2n) is 4.14. The number of allylic oxidation sites excluding steroid dienone is 1. The van der Waals surface area contributed by atoms with E-state index in [1.165, 1.54) is 7.11 Å². The van der Waals surface area contributed by atoms with Gasteiger partial charge in [0.1, 0.15) is 12.6 Å². The van der Waals surface area contributed by atoms with Gasteiger partial charge in [0.05, 0.1) is 7.11 Å². The van der Waals surface area contributed by atoms with Gasteiger partial charge in [-0.3, -0.25) is 0 Å². The van der Waals surface area contributed by atoms with E-state index < -0.39 is 18.1 Å². The molecule has 1 N–H and O–H groups in total. The highest BCUT2D eigenvalue weighted by molar-refractivity contribution is 6.18. The maximum absolute atomic E-state index is 11.7. The fourth-order valence-electron chi connectivity index (χ4n) is 1.56. The zero-order valence-corrected chi connectivity index (χ0v) is 12.5. The molecule has 0 aliphatic carbocycles. The quantitative estimate of drug-likeness (QED) is 0.477. The second-order valence-corrected chi connectivity index (χ2v) is 4.45. The van der Waals surface area contributed by atoms with E-state index >= 15 is 0 Å². The molecule has 0 radical (unpaired) electrons. The van der Waals surface area contributed by atoms with E-state index in [0.29, 0.717) is 12.3 Å². The lowest BCUT2D eigenvalue weighted by atomic mass is 10.2. The molecule has 0 spiro atoms. The Morgan fingerprint density at radius 3 is 2.62 bits per heavy atom. The number of methoxy groups -OCH3 is 1. The molecule has 0 aromatic heterocycles. The van der Waals surface area contributed by atoms with E-state index in [0.717, 1.165) is 5.56 Å². The number of hydrogen-bond donors (Lipinski definition) is 1. The summed E-state index contributed by atoms with van der Waals surface area (Å²) < 4.78 is 9.68. The molecule has 0 fully saturated rings. The predicted molar refractivity (Wildman–Crippen MR) is 80.0 cm³/mol. The van der Waals surface area contributed by atoms with Gasteiger partial charge in [-0.2, -0.15) is 0 Å². The highest BCUT2D eigenvalue weighted by Crippen LogP contribution is 2.02. The molecular formula is C15H18ClNO4. The van der Waals surface area contributed by atoms with Crippen LogP contribution < -0.4 is 5.32 Å². The van der Waals surface area contributed by atoms with Crippen LogP contribution in [0.3, 0.4) is 0 Å². The lowest BCUT2D eigenvalue weighted by Gasteiger charge is -2.14. The molecule has 1 aromatic rings. The van der Waals surface area contributed by atoms with E-state index in [4.69, 9.17) is 16.3 Å². The normalized spacial score (nSPS) is 11.9. The monoisotopic (exact) mass is 311 g/mol. The van der Waals surface area contributed by atoms with Crippen molar-refractivity contribution in [1.82, 2.24) is 5.32 Å². The van der Waals surface area contributed by atoms with Crippen molar-refractivity contribution in [2.24, 2.45) is 0 Å². The summed E-state index contributed by atoms with van der Waals surface area (Å²) in [6, 6.07) is 8.47. The fourth-order valence-corrected chi connectivity index (χ4v) is 1.68. The first kappa shape index (κ1) is 17.0. The minimum Gasteiger partial charge on any atom is -0.467 e.